The minimum absolute atomic E-state index is 0.442. The van der Waals surface area contributed by atoms with Crippen molar-refractivity contribution in [3.8, 4) is 22.5 Å². The van der Waals surface area contributed by atoms with Crippen molar-refractivity contribution in [2.24, 2.45) is 5.73 Å². The van der Waals surface area contributed by atoms with Gasteiger partial charge >= 0.3 is 0 Å². The molecule has 0 aliphatic carbocycles. The van der Waals surface area contributed by atoms with Crippen molar-refractivity contribution in [2.45, 2.75) is 6.54 Å². The van der Waals surface area contributed by atoms with E-state index in [4.69, 9.17) is 10.2 Å². The Morgan fingerprint density at radius 1 is 1.03 bits per heavy atom. The highest BCUT2D eigenvalue weighted by Gasteiger charge is 2.17. The number of primary amides is 1. The number of rotatable bonds is 5. The van der Waals surface area contributed by atoms with Crippen molar-refractivity contribution >= 4 is 16.9 Å². The third kappa shape index (κ3) is 3.95. The van der Waals surface area contributed by atoms with E-state index in [1.807, 2.05) is 30.3 Å². The number of nitrogens with one attached hydrogen (secondary N) is 1. The van der Waals surface area contributed by atoms with E-state index >= 15 is 0 Å². The Labute approximate surface area is 180 Å². The minimum atomic E-state index is -0.477. The third-order valence-electron chi connectivity index (χ3n) is 5.77. The molecular formula is C25H24N4O2. The second-order valence-electron chi connectivity index (χ2n) is 7.84. The molecule has 5 rings (SSSR count). The molecule has 3 N–H and O–H groups in total. The van der Waals surface area contributed by atoms with Gasteiger partial charge in [-0.2, -0.15) is 0 Å². The minimum Gasteiger partial charge on any atom is -0.456 e. The lowest BCUT2D eigenvalue weighted by Gasteiger charge is -2.27. The first-order valence-corrected chi connectivity index (χ1v) is 10.5. The van der Waals surface area contributed by atoms with Crippen LogP contribution in [0.5, 0.6) is 0 Å². The predicted molar refractivity (Wildman–Crippen MR) is 122 cm³/mol. The van der Waals surface area contributed by atoms with Crippen LogP contribution in [0.25, 0.3) is 33.4 Å². The van der Waals surface area contributed by atoms with Gasteiger partial charge in [0.15, 0.2) is 0 Å². The summed E-state index contributed by atoms with van der Waals surface area (Å²) < 4.78 is 6.28. The number of fused-ring (bicyclic) bond motifs is 1. The Morgan fingerprint density at radius 2 is 1.84 bits per heavy atom. The van der Waals surface area contributed by atoms with E-state index in [-0.39, 0.29) is 0 Å². The zero-order valence-corrected chi connectivity index (χ0v) is 17.2. The van der Waals surface area contributed by atoms with E-state index in [1.54, 1.807) is 18.5 Å². The highest BCUT2D eigenvalue weighted by atomic mass is 16.3. The van der Waals surface area contributed by atoms with Crippen molar-refractivity contribution in [1.82, 2.24) is 15.2 Å². The summed E-state index contributed by atoms with van der Waals surface area (Å²) in [5.41, 5.74) is 10.6. The van der Waals surface area contributed by atoms with Gasteiger partial charge in [-0.3, -0.25) is 14.7 Å². The summed E-state index contributed by atoms with van der Waals surface area (Å²) in [6, 6.07) is 17.9. The molecule has 1 saturated heterocycles. The van der Waals surface area contributed by atoms with Gasteiger partial charge in [-0.05, 0) is 29.3 Å². The van der Waals surface area contributed by atoms with Gasteiger partial charge < -0.3 is 15.5 Å². The molecule has 6 heteroatoms. The molecule has 0 atom stereocenters. The standard InChI is InChI=1S/C25H24N4O2/c26-25(30)21-7-8-28-15-22(21)19-3-1-2-4-20(19)24-14-18-6-5-17(13-23(18)31-24)16-29-11-9-27-10-12-29/h1-8,13-15,27H,9-12,16H2,(H2,26,30). The molecular weight excluding hydrogens is 388 g/mol. The lowest BCUT2D eigenvalue weighted by Crippen LogP contribution is -2.42. The van der Waals surface area contributed by atoms with Gasteiger partial charge in [0.05, 0.1) is 5.56 Å². The zero-order chi connectivity index (χ0) is 21.2. The summed E-state index contributed by atoms with van der Waals surface area (Å²) in [5.74, 6) is 0.276. The molecule has 31 heavy (non-hydrogen) atoms. The number of pyridine rings is 1. The maximum atomic E-state index is 11.9. The topological polar surface area (TPSA) is 84.4 Å². The van der Waals surface area contributed by atoms with Crippen LogP contribution in [0.4, 0.5) is 0 Å². The summed E-state index contributed by atoms with van der Waals surface area (Å²) in [6.45, 7) is 5.10. The van der Waals surface area contributed by atoms with Crippen molar-refractivity contribution in [1.29, 1.82) is 0 Å². The third-order valence-corrected chi connectivity index (χ3v) is 5.77. The van der Waals surface area contributed by atoms with Crippen LogP contribution in [0.3, 0.4) is 0 Å². The molecule has 2 aromatic carbocycles. The number of nitrogens with two attached hydrogens (primary N) is 1. The summed E-state index contributed by atoms with van der Waals surface area (Å²) in [4.78, 5) is 18.6. The molecule has 156 valence electrons. The molecule has 0 saturated carbocycles. The van der Waals surface area contributed by atoms with Gasteiger partial charge in [-0.25, -0.2) is 0 Å². The first-order valence-electron chi connectivity index (χ1n) is 10.5. The van der Waals surface area contributed by atoms with Crippen LogP contribution in [0.2, 0.25) is 0 Å². The van der Waals surface area contributed by atoms with Crippen LogP contribution in [0.1, 0.15) is 15.9 Å². The molecule has 4 aromatic rings. The molecule has 0 radical (unpaired) electrons. The van der Waals surface area contributed by atoms with Crippen LogP contribution in [-0.2, 0) is 6.54 Å². The highest BCUT2D eigenvalue weighted by Crippen LogP contribution is 2.36. The number of carbonyl (C=O) groups excluding carboxylic acids is 1. The molecule has 0 unspecified atom stereocenters. The fraction of sp³-hybridized carbons (Fsp3) is 0.200. The smallest absolute Gasteiger partial charge is 0.249 e. The maximum absolute atomic E-state index is 11.9. The number of piperazine rings is 1. The van der Waals surface area contributed by atoms with Crippen molar-refractivity contribution in [2.75, 3.05) is 26.2 Å². The number of carbonyl (C=O) groups is 1. The van der Waals surface area contributed by atoms with Gasteiger partial charge in [0, 0.05) is 61.6 Å². The Balaban J connectivity index is 1.53. The number of nitrogens with zero attached hydrogens (tertiary/aromatic N) is 2. The molecule has 0 bridgehead atoms. The maximum Gasteiger partial charge on any atom is 0.249 e. The van der Waals surface area contributed by atoms with Crippen LogP contribution < -0.4 is 11.1 Å². The van der Waals surface area contributed by atoms with Gasteiger partial charge in [-0.1, -0.05) is 36.4 Å². The van der Waals surface area contributed by atoms with E-state index in [2.05, 4.69) is 33.4 Å². The van der Waals surface area contributed by atoms with Gasteiger partial charge in [-0.15, -0.1) is 0 Å². The summed E-state index contributed by atoms with van der Waals surface area (Å²) in [5, 5.41) is 4.44. The number of furan rings is 1. The van der Waals surface area contributed by atoms with E-state index < -0.39 is 5.91 Å². The average Bonchev–Trinajstić information content (AvgIpc) is 3.23. The Morgan fingerprint density at radius 3 is 2.65 bits per heavy atom. The molecule has 6 nitrogen and oxygen atoms in total. The van der Waals surface area contributed by atoms with E-state index in [9.17, 15) is 4.79 Å². The molecule has 1 aliphatic heterocycles. The molecule has 1 aliphatic rings. The molecule has 3 heterocycles. The number of hydrogen-bond donors (Lipinski definition) is 2. The van der Waals surface area contributed by atoms with Gasteiger partial charge in [0.2, 0.25) is 5.91 Å². The Bertz CT molecular complexity index is 1240. The van der Waals surface area contributed by atoms with E-state index in [0.29, 0.717) is 11.1 Å². The molecule has 2 aromatic heterocycles. The fourth-order valence-corrected chi connectivity index (χ4v) is 4.19. The Hall–Kier alpha value is -3.48. The van der Waals surface area contributed by atoms with Crippen molar-refractivity contribution in [3.63, 3.8) is 0 Å². The monoisotopic (exact) mass is 412 g/mol. The normalized spacial score (nSPS) is 14.7. The average molecular weight is 412 g/mol. The zero-order valence-electron chi connectivity index (χ0n) is 17.2. The quantitative estimate of drug-likeness (QED) is 0.523. The van der Waals surface area contributed by atoms with Crippen LogP contribution in [0, 0.1) is 0 Å². The second-order valence-corrected chi connectivity index (χ2v) is 7.84. The summed E-state index contributed by atoms with van der Waals surface area (Å²) in [7, 11) is 0. The van der Waals surface area contributed by atoms with Crippen molar-refractivity contribution < 1.29 is 9.21 Å². The van der Waals surface area contributed by atoms with Crippen molar-refractivity contribution in [3.05, 3.63) is 78.1 Å². The van der Waals surface area contributed by atoms with Crippen LogP contribution >= 0.6 is 0 Å². The number of benzene rings is 2. The second kappa shape index (κ2) is 8.34. The fourth-order valence-electron chi connectivity index (χ4n) is 4.19. The Kier molecular flexibility index (Phi) is 5.24. The lowest BCUT2D eigenvalue weighted by atomic mass is 9.95. The number of hydrogen-bond acceptors (Lipinski definition) is 5. The molecule has 1 amide bonds. The summed E-state index contributed by atoms with van der Waals surface area (Å²) >= 11 is 0. The first-order chi connectivity index (χ1) is 15.2. The molecule has 1 fully saturated rings. The lowest BCUT2D eigenvalue weighted by molar-refractivity contribution is 0.100. The number of aromatic nitrogens is 1. The van der Waals surface area contributed by atoms with E-state index in [0.717, 1.165) is 60.6 Å². The number of amides is 1. The SMILES string of the molecule is NC(=O)c1ccncc1-c1ccccc1-c1cc2ccc(CN3CCNCC3)cc2o1. The summed E-state index contributed by atoms with van der Waals surface area (Å²) in [6.07, 6.45) is 3.25. The highest BCUT2D eigenvalue weighted by molar-refractivity contribution is 6.01. The largest absolute Gasteiger partial charge is 0.456 e. The van der Waals surface area contributed by atoms with E-state index in [1.165, 1.54) is 5.56 Å². The first kappa shape index (κ1) is 19.5. The van der Waals surface area contributed by atoms with Gasteiger partial charge in [0.25, 0.3) is 0 Å². The van der Waals surface area contributed by atoms with Gasteiger partial charge in [0.1, 0.15) is 11.3 Å². The van der Waals surface area contributed by atoms with Crippen LogP contribution in [0.15, 0.2) is 71.4 Å². The van der Waals surface area contributed by atoms with Crippen LogP contribution in [-0.4, -0.2) is 42.0 Å². The molecule has 0 spiro atoms. The predicted octanol–water partition coefficient (Wildman–Crippen LogP) is 3.67.